The Morgan fingerprint density at radius 3 is 2.15 bits per heavy atom. The molecule has 0 atom stereocenters. The van der Waals surface area contributed by atoms with Crippen molar-refractivity contribution < 1.29 is 13.2 Å². The number of hydrogen-bond acceptors (Lipinski definition) is 4. The zero-order valence-corrected chi connectivity index (χ0v) is 16.1. The minimum atomic E-state index is -3.39. The maximum Gasteiger partial charge on any atom is 0.216 e. The summed E-state index contributed by atoms with van der Waals surface area (Å²) in [5.41, 5.74) is 2.87. The average Bonchev–Trinajstić information content (AvgIpc) is 2.64. The van der Waals surface area contributed by atoms with Crippen LogP contribution in [0.1, 0.15) is 16.7 Å². The first-order chi connectivity index (χ1) is 12.5. The minimum absolute atomic E-state index is 0.0563. The van der Waals surface area contributed by atoms with Gasteiger partial charge in [0.2, 0.25) is 10.0 Å². The molecule has 1 aliphatic rings. The Morgan fingerprint density at radius 1 is 0.923 bits per heavy atom. The first kappa shape index (κ1) is 19.3. The molecule has 1 heterocycles. The highest BCUT2D eigenvalue weighted by Crippen LogP contribution is 2.13. The third kappa shape index (κ3) is 6.07. The fourth-order valence-corrected chi connectivity index (χ4v) is 4.07. The lowest BCUT2D eigenvalue weighted by Gasteiger charge is -2.26. The number of ether oxygens (including phenoxy) is 1. The van der Waals surface area contributed by atoms with Gasteiger partial charge in [-0.25, -0.2) is 13.1 Å². The van der Waals surface area contributed by atoms with E-state index in [9.17, 15) is 8.42 Å². The molecule has 1 N–H and O–H groups in total. The van der Waals surface area contributed by atoms with E-state index in [1.807, 2.05) is 12.1 Å². The fourth-order valence-electron chi connectivity index (χ4n) is 2.82. The lowest BCUT2D eigenvalue weighted by Crippen LogP contribution is -2.35. The molecule has 140 valence electrons. The van der Waals surface area contributed by atoms with Crippen molar-refractivity contribution >= 4 is 21.6 Å². The Morgan fingerprint density at radius 2 is 1.50 bits per heavy atom. The predicted molar refractivity (Wildman–Crippen MR) is 103 cm³/mol. The molecule has 0 aromatic heterocycles. The van der Waals surface area contributed by atoms with Crippen molar-refractivity contribution in [3.63, 3.8) is 0 Å². The molecule has 0 radical (unpaired) electrons. The number of nitrogens with zero attached hydrogens (tertiary/aromatic N) is 1. The normalized spacial score (nSPS) is 15.9. The van der Waals surface area contributed by atoms with Crippen LogP contribution >= 0.6 is 11.6 Å². The summed E-state index contributed by atoms with van der Waals surface area (Å²) in [7, 11) is -3.39. The third-order valence-corrected chi connectivity index (χ3v) is 5.85. The molecule has 7 heteroatoms. The first-order valence-corrected chi connectivity index (χ1v) is 10.6. The van der Waals surface area contributed by atoms with Crippen LogP contribution < -0.4 is 4.72 Å². The monoisotopic (exact) mass is 394 g/mol. The topological polar surface area (TPSA) is 58.6 Å². The van der Waals surface area contributed by atoms with Gasteiger partial charge in [-0.15, -0.1) is 0 Å². The van der Waals surface area contributed by atoms with Crippen molar-refractivity contribution in [2.24, 2.45) is 0 Å². The smallest absolute Gasteiger partial charge is 0.216 e. The van der Waals surface area contributed by atoms with Gasteiger partial charge in [-0.3, -0.25) is 4.90 Å². The lowest BCUT2D eigenvalue weighted by atomic mass is 10.1. The Kier molecular flexibility index (Phi) is 6.67. The summed E-state index contributed by atoms with van der Waals surface area (Å²) < 4.78 is 32.5. The Balaban J connectivity index is 1.51. The van der Waals surface area contributed by atoms with Crippen LogP contribution in [-0.2, 0) is 33.6 Å². The molecule has 0 bridgehead atoms. The highest BCUT2D eigenvalue weighted by molar-refractivity contribution is 7.88. The number of rotatable bonds is 7. The molecule has 0 saturated carbocycles. The van der Waals surface area contributed by atoms with E-state index in [0.717, 1.165) is 38.4 Å². The van der Waals surface area contributed by atoms with E-state index in [0.29, 0.717) is 10.6 Å². The van der Waals surface area contributed by atoms with Gasteiger partial charge in [-0.05, 0) is 28.8 Å². The first-order valence-electron chi connectivity index (χ1n) is 8.60. The summed E-state index contributed by atoms with van der Waals surface area (Å²) in [6.07, 6.45) is 0. The molecule has 1 aliphatic heterocycles. The molecule has 26 heavy (non-hydrogen) atoms. The van der Waals surface area contributed by atoms with Crippen LogP contribution in [0.15, 0.2) is 48.5 Å². The van der Waals surface area contributed by atoms with Crippen molar-refractivity contribution in [3.05, 3.63) is 70.2 Å². The minimum Gasteiger partial charge on any atom is -0.379 e. The van der Waals surface area contributed by atoms with Crippen molar-refractivity contribution in [3.8, 4) is 0 Å². The quantitative estimate of drug-likeness (QED) is 0.784. The summed E-state index contributed by atoms with van der Waals surface area (Å²) in [6, 6.07) is 14.9. The average molecular weight is 395 g/mol. The predicted octanol–water partition coefficient (Wildman–Crippen LogP) is 2.79. The van der Waals surface area contributed by atoms with Gasteiger partial charge in [0, 0.05) is 31.2 Å². The maximum atomic E-state index is 12.2. The summed E-state index contributed by atoms with van der Waals surface area (Å²) in [6.45, 7) is 4.65. The second kappa shape index (κ2) is 8.97. The van der Waals surface area contributed by atoms with E-state index in [4.69, 9.17) is 16.3 Å². The van der Waals surface area contributed by atoms with Gasteiger partial charge in [0.15, 0.2) is 0 Å². The molecule has 0 spiro atoms. The molecule has 2 aromatic rings. The molecular formula is C19H23ClN2O3S. The Hall–Kier alpha value is -1.44. The molecule has 3 rings (SSSR count). The van der Waals surface area contributed by atoms with E-state index in [1.165, 1.54) is 5.56 Å². The lowest BCUT2D eigenvalue weighted by molar-refractivity contribution is 0.0342. The van der Waals surface area contributed by atoms with Crippen LogP contribution in [0.25, 0.3) is 0 Å². The van der Waals surface area contributed by atoms with Crippen molar-refractivity contribution in [1.29, 1.82) is 0 Å². The highest BCUT2D eigenvalue weighted by Gasteiger charge is 2.12. The summed E-state index contributed by atoms with van der Waals surface area (Å²) in [5.74, 6) is -0.0563. The van der Waals surface area contributed by atoms with Gasteiger partial charge in [-0.1, -0.05) is 48.0 Å². The van der Waals surface area contributed by atoms with Gasteiger partial charge in [0.05, 0.1) is 19.0 Å². The van der Waals surface area contributed by atoms with E-state index in [1.54, 1.807) is 24.3 Å². The van der Waals surface area contributed by atoms with Gasteiger partial charge in [-0.2, -0.15) is 0 Å². The maximum absolute atomic E-state index is 12.2. The van der Waals surface area contributed by atoms with Gasteiger partial charge in [0.25, 0.3) is 0 Å². The molecule has 1 fully saturated rings. The van der Waals surface area contributed by atoms with Crippen LogP contribution in [-0.4, -0.2) is 39.6 Å². The zero-order chi connectivity index (χ0) is 18.4. The number of halogens is 1. The van der Waals surface area contributed by atoms with Crippen LogP contribution in [0, 0.1) is 0 Å². The largest absolute Gasteiger partial charge is 0.379 e. The molecule has 1 saturated heterocycles. The molecular weight excluding hydrogens is 372 g/mol. The molecule has 0 unspecified atom stereocenters. The van der Waals surface area contributed by atoms with Crippen molar-refractivity contribution in [1.82, 2.24) is 9.62 Å². The zero-order valence-electron chi connectivity index (χ0n) is 14.5. The summed E-state index contributed by atoms with van der Waals surface area (Å²) in [4.78, 5) is 2.35. The van der Waals surface area contributed by atoms with Gasteiger partial charge >= 0.3 is 0 Å². The molecule has 0 aliphatic carbocycles. The summed E-state index contributed by atoms with van der Waals surface area (Å²) >= 11 is 5.82. The standard InChI is InChI=1S/C19H23ClN2O3S/c20-19-7-5-18(6-8-19)15-26(23,24)21-13-16-1-3-17(4-2-16)14-22-9-11-25-12-10-22/h1-8,21H,9-15H2. The number of morpholine rings is 1. The second-order valence-electron chi connectivity index (χ2n) is 6.41. The number of benzene rings is 2. The molecule has 0 amide bonds. The SMILES string of the molecule is O=S(=O)(Cc1ccc(Cl)cc1)NCc1ccc(CN2CCOCC2)cc1. The van der Waals surface area contributed by atoms with Gasteiger partial charge in [0.1, 0.15) is 0 Å². The molecule has 2 aromatic carbocycles. The van der Waals surface area contributed by atoms with E-state index in [-0.39, 0.29) is 12.3 Å². The number of hydrogen-bond donors (Lipinski definition) is 1. The third-order valence-electron chi connectivity index (χ3n) is 4.30. The highest BCUT2D eigenvalue weighted by atomic mass is 35.5. The van der Waals surface area contributed by atoms with Crippen molar-refractivity contribution in [2.75, 3.05) is 26.3 Å². The summed E-state index contributed by atoms with van der Waals surface area (Å²) in [5, 5.41) is 0.594. The van der Waals surface area contributed by atoms with E-state index >= 15 is 0 Å². The number of sulfonamides is 1. The Bertz CT molecular complexity index is 802. The molecule has 5 nitrogen and oxygen atoms in total. The van der Waals surface area contributed by atoms with E-state index < -0.39 is 10.0 Å². The van der Waals surface area contributed by atoms with Crippen LogP contribution in [0.3, 0.4) is 0 Å². The number of nitrogens with one attached hydrogen (secondary N) is 1. The Labute approximate surface area is 160 Å². The van der Waals surface area contributed by atoms with Gasteiger partial charge < -0.3 is 4.74 Å². The van der Waals surface area contributed by atoms with E-state index in [2.05, 4.69) is 21.8 Å². The van der Waals surface area contributed by atoms with Crippen molar-refractivity contribution in [2.45, 2.75) is 18.8 Å². The van der Waals surface area contributed by atoms with Crippen LogP contribution in [0.2, 0.25) is 5.02 Å². The van der Waals surface area contributed by atoms with Crippen LogP contribution in [0.4, 0.5) is 0 Å². The second-order valence-corrected chi connectivity index (χ2v) is 8.65. The fraction of sp³-hybridized carbons (Fsp3) is 0.368. The van der Waals surface area contributed by atoms with Crippen LogP contribution in [0.5, 0.6) is 0 Å².